The number of benzene rings is 1. The SMILES string of the molecule is CCCCCCCCCCCCCCCCc1cccc(C(C)(C)S(=O)(=O)O)c1C. The van der Waals surface area contributed by atoms with Crippen LogP contribution in [0.5, 0.6) is 0 Å². The van der Waals surface area contributed by atoms with E-state index in [1.54, 1.807) is 13.8 Å². The third-order valence-corrected chi connectivity index (χ3v) is 8.05. The second kappa shape index (κ2) is 14.2. The van der Waals surface area contributed by atoms with Crippen molar-refractivity contribution in [1.29, 1.82) is 0 Å². The second-order valence-corrected chi connectivity index (χ2v) is 11.4. The molecule has 0 amide bonds. The van der Waals surface area contributed by atoms with E-state index in [4.69, 9.17) is 0 Å². The highest BCUT2D eigenvalue weighted by Crippen LogP contribution is 2.33. The summed E-state index contributed by atoms with van der Waals surface area (Å²) in [5.74, 6) is 0. The normalized spacial score (nSPS) is 12.4. The molecule has 4 heteroatoms. The molecule has 0 atom stereocenters. The molecule has 0 spiro atoms. The Morgan fingerprint density at radius 2 is 1.20 bits per heavy atom. The molecule has 1 aromatic rings. The summed E-state index contributed by atoms with van der Waals surface area (Å²) < 4.78 is 31.9. The first-order chi connectivity index (χ1) is 14.2. The molecule has 0 heterocycles. The summed E-state index contributed by atoms with van der Waals surface area (Å²) in [6, 6.07) is 5.81. The van der Waals surface area contributed by atoms with Crippen molar-refractivity contribution in [2.45, 2.75) is 129 Å². The van der Waals surface area contributed by atoms with Crippen molar-refractivity contribution in [3.8, 4) is 0 Å². The monoisotopic (exact) mass is 438 g/mol. The van der Waals surface area contributed by atoms with Crippen molar-refractivity contribution in [3.63, 3.8) is 0 Å². The molecule has 0 aromatic heterocycles. The first kappa shape index (κ1) is 27.2. The minimum atomic E-state index is -4.14. The van der Waals surface area contributed by atoms with Crippen LogP contribution in [0, 0.1) is 6.92 Å². The highest BCUT2D eigenvalue weighted by molar-refractivity contribution is 7.86. The van der Waals surface area contributed by atoms with E-state index < -0.39 is 14.9 Å². The molecule has 1 N–H and O–H groups in total. The van der Waals surface area contributed by atoms with Crippen LogP contribution in [0.2, 0.25) is 0 Å². The Hall–Kier alpha value is -0.870. The summed E-state index contributed by atoms with van der Waals surface area (Å²) in [6.45, 7) is 7.39. The Bertz CT molecular complexity index is 692. The largest absolute Gasteiger partial charge is 0.285 e. The van der Waals surface area contributed by atoms with Gasteiger partial charge < -0.3 is 0 Å². The minimum absolute atomic E-state index is 0.702. The van der Waals surface area contributed by atoms with Crippen LogP contribution in [-0.4, -0.2) is 13.0 Å². The predicted octanol–water partition coefficient (Wildman–Crippen LogP) is 8.14. The molecule has 0 radical (unpaired) electrons. The van der Waals surface area contributed by atoms with Crippen LogP contribution in [0.15, 0.2) is 18.2 Å². The summed E-state index contributed by atoms with van der Waals surface area (Å²) in [7, 11) is -4.14. The fourth-order valence-corrected chi connectivity index (χ4v) is 4.75. The fraction of sp³-hybridized carbons (Fsp3) is 0.769. The fourth-order valence-electron chi connectivity index (χ4n) is 4.26. The van der Waals surface area contributed by atoms with Crippen molar-refractivity contribution in [2.24, 2.45) is 0 Å². The van der Waals surface area contributed by atoms with Gasteiger partial charge in [-0.2, -0.15) is 8.42 Å². The molecular formula is C26H46O3S. The molecule has 0 unspecified atom stereocenters. The zero-order chi connectivity index (χ0) is 22.5. The number of unbranched alkanes of at least 4 members (excludes halogenated alkanes) is 13. The van der Waals surface area contributed by atoms with Crippen LogP contribution in [0.4, 0.5) is 0 Å². The molecule has 0 fully saturated rings. The summed E-state index contributed by atoms with van der Waals surface area (Å²) in [5.41, 5.74) is 2.89. The molecule has 0 bridgehead atoms. The van der Waals surface area contributed by atoms with Crippen LogP contribution in [0.1, 0.15) is 127 Å². The number of hydrogen-bond donors (Lipinski definition) is 1. The quantitative estimate of drug-likeness (QED) is 0.197. The van der Waals surface area contributed by atoms with Gasteiger partial charge in [-0.15, -0.1) is 0 Å². The maximum absolute atomic E-state index is 11.8. The van der Waals surface area contributed by atoms with E-state index in [0.29, 0.717) is 5.56 Å². The summed E-state index contributed by atoms with van der Waals surface area (Å²) >= 11 is 0. The Morgan fingerprint density at radius 3 is 1.63 bits per heavy atom. The first-order valence-corrected chi connectivity index (χ1v) is 13.7. The van der Waals surface area contributed by atoms with Gasteiger partial charge >= 0.3 is 0 Å². The van der Waals surface area contributed by atoms with Crippen molar-refractivity contribution >= 4 is 10.1 Å². The maximum atomic E-state index is 11.8. The van der Waals surface area contributed by atoms with Crippen molar-refractivity contribution in [2.75, 3.05) is 0 Å². The molecule has 0 saturated heterocycles. The van der Waals surface area contributed by atoms with Crippen LogP contribution in [0.25, 0.3) is 0 Å². The molecule has 1 aromatic carbocycles. The van der Waals surface area contributed by atoms with Crippen LogP contribution >= 0.6 is 0 Å². The zero-order valence-corrected chi connectivity index (χ0v) is 20.8. The van der Waals surface area contributed by atoms with E-state index in [9.17, 15) is 13.0 Å². The van der Waals surface area contributed by atoms with Gasteiger partial charge in [0.15, 0.2) is 0 Å². The summed E-state index contributed by atoms with van der Waals surface area (Å²) in [5, 5.41) is 0. The lowest BCUT2D eigenvalue weighted by Gasteiger charge is -2.25. The van der Waals surface area contributed by atoms with E-state index >= 15 is 0 Å². The van der Waals surface area contributed by atoms with Crippen LogP contribution in [-0.2, 0) is 21.3 Å². The smallest absolute Gasteiger partial charge is 0.274 e. The van der Waals surface area contributed by atoms with E-state index in [2.05, 4.69) is 13.0 Å². The molecule has 30 heavy (non-hydrogen) atoms. The average Bonchev–Trinajstić information content (AvgIpc) is 2.68. The number of aryl methyl sites for hydroxylation is 1. The lowest BCUT2D eigenvalue weighted by molar-refractivity contribution is 0.444. The van der Waals surface area contributed by atoms with Crippen molar-refractivity contribution in [1.82, 2.24) is 0 Å². The van der Waals surface area contributed by atoms with Gasteiger partial charge in [0.25, 0.3) is 10.1 Å². The van der Waals surface area contributed by atoms with E-state index in [0.717, 1.165) is 18.4 Å². The molecule has 0 aliphatic rings. The molecule has 3 nitrogen and oxygen atoms in total. The Morgan fingerprint density at radius 1 is 0.767 bits per heavy atom. The number of hydrogen-bond acceptors (Lipinski definition) is 2. The molecule has 0 aliphatic carbocycles. The lowest BCUT2D eigenvalue weighted by Crippen LogP contribution is -2.29. The minimum Gasteiger partial charge on any atom is -0.285 e. The standard InChI is InChI=1S/C26H46O3S/c1-5-6-7-8-9-10-11-12-13-14-15-16-17-18-20-24-21-19-22-25(23(24)2)26(3,4)30(27,28)29/h19,21-22H,5-18,20H2,1-4H3,(H,27,28,29). The van der Waals surface area contributed by atoms with Gasteiger partial charge in [-0.1, -0.05) is 109 Å². The molecule has 0 aliphatic heterocycles. The summed E-state index contributed by atoms with van der Waals surface area (Å²) in [4.78, 5) is 0. The first-order valence-electron chi connectivity index (χ1n) is 12.3. The topological polar surface area (TPSA) is 54.4 Å². The number of rotatable bonds is 17. The third-order valence-electron chi connectivity index (χ3n) is 6.54. The second-order valence-electron chi connectivity index (χ2n) is 9.42. The van der Waals surface area contributed by atoms with E-state index in [1.165, 1.54) is 89.0 Å². The van der Waals surface area contributed by atoms with Gasteiger partial charge in [-0.05, 0) is 50.3 Å². The van der Waals surface area contributed by atoms with Gasteiger partial charge in [0.2, 0.25) is 0 Å². The van der Waals surface area contributed by atoms with Gasteiger partial charge in [-0.3, -0.25) is 4.55 Å². The zero-order valence-electron chi connectivity index (χ0n) is 20.0. The third kappa shape index (κ3) is 9.51. The van der Waals surface area contributed by atoms with Crippen molar-refractivity contribution in [3.05, 3.63) is 34.9 Å². The van der Waals surface area contributed by atoms with Crippen LogP contribution < -0.4 is 0 Å². The van der Waals surface area contributed by atoms with Crippen LogP contribution in [0.3, 0.4) is 0 Å². The van der Waals surface area contributed by atoms with Gasteiger partial charge in [0, 0.05) is 0 Å². The highest BCUT2D eigenvalue weighted by atomic mass is 32.2. The average molecular weight is 439 g/mol. The van der Waals surface area contributed by atoms with Gasteiger partial charge in [0.05, 0.1) is 0 Å². The molecular weight excluding hydrogens is 392 g/mol. The Labute approximate surface area is 186 Å². The lowest BCUT2D eigenvalue weighted by atomic mass is 9.91. The molecule has 1 rings (SSSR count). The molecule has 174 valence electrons. The summed E-state index contributed by atoms with van der Waals surface area (Å²) in [6.07, 6.45) is 19.9. The van der Waals surface area contributed by atoms with E-state index in [1.807, 2.05) is 19.1 Å². The maximum Gasteiger partial charge on any atom is 0.274 e. The predicted molar refractivity (Wildman–Crippen MR) is 130 cm³/mol. The molecule has 0 saturated carbocycles. The highest BCUT2D eigenvalue weighted by Gasteiger charge is 2.36. The Balaban J connectivity index is 2.19. The van der Waals surface area contributed by atoms with Gasteiger partial charge in [-0.25, -0.2) is 0 Å². The van der Waals surface area contributed by atoms with E-state index in [-0.39, 0.29) is 0 Å². The van der Waals surface area contributed by atoms with Crippen molar-refractivity contribution < 1.29 is 13.0 Å². The van der Waals surface area contributed by atoms with Gasteiger partial charge in [0.1, 0.15) is 4.75 Å². The Kier molecular flexibility index (Phi) is 12.9.